The summed E-state index contributed by atoms with van der Waals surface area (Å²) in [5.74, 6) is 0.948. The van der Waals surface area contributed by atoms with Gasteiger partial charge in [0.25, 0.3) is 0 Å². The first-order valence-corrected chi connectivity index (χ1v) is 9.44. The predicted molar refractivity (Wildman–Crippen MR) is 97.0 cm³/mol. The van der Waals surface area contributed by atoms with Gasteiger partial charge in [-0.2, -0.15) is 0 Å². The van der Waals surface area contributed by atoms with E-state index in [1.54, 1.807) is 7.11 Å². The first-order chi connectivity index (χ1) is 11.3. The fourth-order valence-corrected chi connectivity index (χ4v) is 3.69. The summed E-state index contributed by atoms with van der Waals surface area (Å²) >= 11 is 0. The van der Waals surface area contributed by atoms with E-state index in [0.717, 1.165) is 38.6 Å². The number of nitrogens with one attached hydrogen (secondary N) is 2. The standard InChI is InChI=1S/C18H36N4O/c1-19-17(20-11-14-22-12-5-3-4-6-13-22)21-16-18(8-7-9-18)10-15-23-2/h3-16H2,1-2H3,(H2,19,20,21). The number of guanidine groups is 1. The lowest BCUT2D eigenvalue weighted by Crippen LogP contribution is -2.48. The van der Waals surface area contributed by atoms with Crippen molar-refractivity contribution in [2.24, 2.45) is 10.4 Å². The van der Waals surface area contributed by atoms with Gasteiger partial charge < -0.3 is 20.3 Å². The van der Waals surface area contributed by atoms with Crippen LogP contribution in [0.3, 0.4) is 0 Å². The van der Waals surface area contributed by atoms with Crippen LogP contribution in [-0.4, -0.2) is 64.3 Å². The molecular weight excluding hydrogens is 288 g/mol. The van der Waals surface area contributed by atoms with E-state index in [-0.39, 0.29) is 0 Å². The molecule has 5 heteroatoms. The number of ether oxygens (including phenoxy) is 1. The van der Waals surface area contributed by atoms with Crippen LogP contribution < -0.4 is 10.6 Å². The molecule has 2 N–H and O–H groups in total. The molecule has 1 saturated carbocycles. The summed E-state index contributed by atoms with van der Waals surface area (Å²) in [5, 5.41) is 7.02. The van der Waals surface area contributed by atoms with Crippen LogP contribution in [0.1, 0.15) is 51.4 Å². The molecule has 0 amide bonds. The molecule has 0 bridgehead atoms. The maximum Gasteiger partial charge on any atom is 0.191 e. The quantitative estimate of drug-likeness (QED) is 0.531. The lowest BCUT2D eigenvalue weighted by atomic mass is 9.67. The number of methoxy groups -OCH3 is 1. The average Bonchev–Trinajstić information content (AvgIpc) is 2.80. The minimum atomic E-state index is 0.429. The molecule has 0 spiro atoms. The number of aliphatic imine (C=N–C) groups is 1. The molecule has 0 aromatic rings. The van der Waals surface area contributed by atoms with E-state index in [1.807, 2.05) is 7.05 Å². The van der Waals surface area contributed by atoms with Gasteiger partial charge in [0.1, 0.15) is 0 Å². The van der Waals surface area contributed by atoms with E-state index in [9.17, 15) is 0 Å². The van der Waals surface area contributed by atoms with Crippen molar-refractivity contribution in [2.75, 3.05) is 53.5 Å². The van der Waals surface area contributed by atoms with E-state index in [2.05, 4.69) is 20.5 Å². The second kappa shape index (κ2) is 10.1. The van der Waals surface area contributed by atoms with Crippen molar-refractivity contribution in [1.29, 1.82) is 0 Å². The third-order valence-electron chi connectivity index (χ3n) is 5.52. The topological polar surface area (TPSA) is 48.9 Å². The van der Waals surface area contributed by atoms with E-state index in [1.165, 1.54) is 58.0 Å². The van der Waals surface area contributed by atoms with Gasteiger partial charge in [-0.05, 0) is 50.6 Å². The van der Waals surface area contributed by atoms with Gasteiger partial charge in [-0.25, -0.2) is 0 Å². The molecular formula is C18H36N4O. The van der Waals surface area contributed by atoms with Crippen molar-refractivity contribution >= 4 is 5.96 Å². The first kappa shape index (κ1) is 18.5. The highest BCUT2D eigenvalue weighted by Crippen LogP contribution is 2.43. The van der Waals surface area contributed by atoms with Crippen LogP contribution in [0, 0.1) is 5.41 Å². The van der Waals surface area contributed by atoms with Crippen LogP contribution in [0.4, 0.5) is 0 Å². The van der Waals surface area contributed by atoms with Crippen molar-refractivity contribution in [1.82, 2.24) is 15.5 Å². The second-order valence-electron chi connectivity index (χ2n) is 7.20. The summed E-state index contributed by atoms with van der Waals surface area (Å²) in [5.41, 5.74) is 0.429. The van der Waals surface area contributed by atoms with Gasteiger partial charge in [0.15, 0.2) is 5.96 Å². The minimum Gasteiger partial charge on any atom is -0.385 e. The molecule has 1 heterocycles. The van der Waals surface area contributed by atoms with Gasteiger partial charge in [-0.15, -0.1) is 0 Å². The summed E-state index contributed by atoms with van der Waals surface area (Å²) in [6.07, 6.45) is 10.6. The molecule has 0 unspecified atom stereocenters. The SMILES string of the molecule is CN=C(NCCN1CCCCCC1)NCC1(CCOC)CCC1. The summed E-state index contributed by atoms with van der Waals surface area (Å²) in [6, 6.07) is 0. The zero-order valence-electron chi connectivity index (χ0n) is 15.2. The fourth-order valence-electron chi connectivity index (χ4n) is 3.69. The normalized spacial score (nSPS) is 22.3. The van der Waals surface area contributed by atoms with Crippen LogP contribution in [-0.2, 0) is 4.74 Å². The Balaban J connectivity index is 1.64. The molecule has 134 valence electrons. The number of rotatable bonds is 8. The van der Waals surface area contributed by atoms with Gasteiger partial charge in [0, 0.05) is 40.4 Å². The summed E-state index contributed by atoms with van der Waals surface area (Å²) in [6.45, 7) is 6.49. The highest BCUT2D eigenvalue weighted by Gasteiger charge is 2.36. The molecule has 1 aliphatic heterocycles. The fraction of sp³-hybridized carbons (Fsp3) is 0.944. The van der Waals surface area contributed by atoms with Crippen LogP contribution in [0.5, 0.6) is 0 Å². The number of nitrogens with zero attached hydrogens (tertiary/aromatic N) is 2. The smallest absolute Gasteiger partial charge is 0.191 e. The Morgan fingerprint density at radius 2 is 1.83 bits per heavy atom. The zero-order valence-corrected chi connectivity index (χ0v) is 15.2. The van der Waals surface area contributed by atoms with Gasteiger partial charge >= 0.3 is 0 Å². The highest BCUT2D eigenvalue weighted by atomic mass is 16.5. The lowest BCUT2D eigenvalue weighted by Gasteiger charge is -2.42. The Kier molecular flexibility index (Phi) is 8.17. The molecule has 0 aromatic heterocycles. The van der Waals surface area contributed by atoms with Crippen molar-refractivity contribution in [3.63, 3.8) is 0 Å². The number of hydrogen-bond donors (Lipinski definition) is 2. The summed E-state index contributed by atoms with van der Waals surface area (Å²) in [7, 11) is 3.66. The molecule has 2 rings (SSSR count). The zero-order chi connectivity index (χ0) is 16.4. The molecule has 2 aliphatic rings. The van der Waals surface area contributed by atoms with E-state index in [0.29, 0.717) is 5.41 Å². The molecule has 0 radical (unpaired) electrons. The van der Waals surface area contributed by atoms with E-state index < -0.39 is 0 Å². The average molecular weight is 325 g/mol. The Hall–Kier alpha value is -0.810. The molecule has 0 aromatic carbocycles. The Morgan fingerprint density at radius 1 is 1.09 bits per heavy atom. The van der Waals surface area contributed by atoms with Crippen LogP contribution in [0.2, 0.25) is 0 Å². The van der Waals surface area contributed by atoms with Crippen molar-refractivity contribution in [3.05, 3.63) is 0 Å². The van der Waals surface area contributed by atoms with Crippen LogP contribution in [0.25, 0.3) is 0 Å². The van der Waals surface area contributed by atoms with E-state index >= 15 is 0 Å². The largest absolute Gasteiger partial charge is 0.385 e. The van der Waals surface area contributed by atoms with Crippen molar-refractivity contribution < 1.29 is 4.74 Å². The van der Waals surface area contributed by atoms with Gasteiger partial charge in [-0.1, -0.05) is 19.3 Å². The molecule has 1 aliphatic carbocycles. The van der Waals surface area contributed by atoms with E-state index in [4.69, 9.17) is 4.74 Å². The van der Waals surface area contributed by atoms with Crippen molar-refractivity contribution in [3.8, 4) is 0 Å². The van der Waals surface area contributed by atoms with Gasteiger partial charge in [0.05, 0.1) is 0 Å². The van der Waals surface area contributed by atoms with Gasteiger partial charge in [0.2, 0.25) is 0 Å². The molecule has 1 saturated heterocycles. The minimum absolute atomic E-state index is 0.429. The third-order valence-corrected chi connectivity index (χ3v) is 5.52. The van der Waals surface area contributed by atoms with Crippen LogP contribution >= 0.6 is 0 Å². The number of hydrogen-bond acceptors (Lipinski definition) is 3. The summed E-state index contributed by atoms with van der Waals surface area (Å²) in [4.78, 5) is 6.96. The first-order valence-electron chi connectivity index (χ1n) is 9.44. The Bertz CT molecular complexity index is 347. The Labute approximate surface area is 142 Å². The maximum absolute atomic E-state index is 5.27. The molecule has 0 atom stereocenters. The predicted octanol–water partition coefficient (Wildman–Crippen LogP) is 2.23. The molecule has 5 nitrogen and oxygen atoms in total. The highest BCUT2D eigenvalue weighted by molar-refractivity contribution is 5.79. The van der Waals surface area contributed by atoms with Crippen LogP contribution in [0.15, 0.2) is 4.99 Å². The Morgan fingerprint density at radius 3 is 2.39 bits per heavy atom. The maximum atomic E-state index is 5.27. The van der Waals surface area contributed by atoms with Gasteiger partial charge in [-0.3, -0.25) is 4.99 Å². The number of likely N-dealkylation sites (tertiary alicyclic amines) is 1. The summed E-state index contributed by atoms with van der Waals surface area (Å²) < 4.78 is 5.27. The third kappa shape index (κ3) is 6.30. The molecule has 2 fully saturated rings. The monoisotopic (exact) mass is 324 g/mol. The lowest BCUT2D eigenvalue weighted by molar-refractivity contribution is 0.0732. The van der Waals surface area contributed by atoms with Crippen molar-refractivity contribution in [2.45, 2.75) is 51.4 Å². The second-order valence-corrected chi connectivity index (χ2v) is 7.20. The molecule has 23 heavy (non-hydrogen) atoms.